The Morgan fingerprint density at radius 3 is 2.75 bits per heavy atom. The van der Waals surface area contributed by atoms with Crippen molar-refractivity contribution >= 4 is 11.6 Å². The van der Waals surface area contributed by atoms with Crippen LogP contribution in [0.2, 0.25) is 0 Å². The van der Waals surface area contributed by atoms with Crippen molar-refractivity contribution in [3.63, 3.8) is 0 Å². The fourth-order valence-corrected chi connectivity index (χ4v) is 1.75. The van der Waals surface area contributed by atoms with Crippen LogP contribution in [0.25, 0.3) is 0 Å². The quantitative estimate of drug-likeness (QED) is 0.786. The van der Waals surface area contributed by atoms with Crippen molar-refractivity contribution in [1.29, 1.82) is 0 Å². The third kappa shape index (κ3) is 2.75. The molecule has 1 fully saturated rings. The van der Waals surface area contributed by atoms with E-state index in [-0.39, 0.29) is 5.91 Å². The van der Waals surface area contributed by atoms with E-state index >= 15 is 0 Å². The first-order valence-corrected chi connectivity index (χ1v) is 5.74. The fourth-order valence-electron chi connectivity index (χ4n) is 1.75. The predicted molar refractivity (Wildman–Crippen MR) is 64.7 cm³/mol. The summed E-state index contributed by atoms with van der Waals surface area (Å²) in [5.74, 6) is 0.869. The van der Waals surface area contributed by atoms with Crippen LogP contribution >= 0.6 is 0 Å². The van der Waals surface area contributed by atoms with Gasteiger partial charge in [-0.2, -0.15) is 0 Å². The van der Waals surface area contributed by atoms with Gasteiger partial charge < -0.3 is 10.6 Å². The average molecular weight is 218 g/mol. The van der Waals surface area contributed by atoms with Gasteiger partial charge in [-0.05, 0) is 30.4 Å². The molecule has 0 bridgehead atoms. The van der Waals surface area contributed by atoms with Crippen LogP contribution in [0.5, 0.6) is 0 Å². The minimum atomic E-state index is 0.228. The zero-order chi connectivity index (χ0) is 11.5. The van der Waals surface area contributed by atoms with E-state index in [1.807, 2.05) is 31.3 Å². The number of benzene rings is 1. The summed E-state index contributed by atoms with van der Waals surface area (Å²) >= 11 is 0. The molecule has 1 aliphatic carbocycles. The molecule has 3 nitrogen and oxygen atoms in total. The molecule has 0 saturated heterocycles. The lowest BCUT2D eigenvalue weighted by atomic mass is 10.1. The van der Waals surface area contributed by atoms with Crippen LogP contribution in [0.1, 0.15) is 24.8 Å². The van der Waals surface area contributed by atoms with Gasteiger partial charge >= 0.3 is 0 Å². The topological polar surface area (TPSA) is 46.3 Å². The highest BCUT2D eigenvalue weighted by Gasteiger charge is 2.25. The number of nitrogens with two attached hydrogens (primary N) is 1. The maximum atomic E-state index is 11.8. The second-order valence-corrected chi connectivity index (χ2v) is 4.60. The molecule has 0 aliphatic heterocycles. The lowest BCUT2D eigenvalue weighted by Crippen LogP contribution is -2.26. The predicted octanol–water partition coefficient (Wildman–Crippen LogP) is 2.03. The van der Waals surface area contributed by atoms with Crippen LogP contribution < -0.4 is 5.73 Å². The summed E-state index contributed by atoms with van der Waals surface area (Å²) in [6.07, 6.45) is 3.13. The van der Waals surface area contributed by atoms with Gasteiger partial charge in [0.05, 0.1) is 0 Å². The summed E-state index contributed by atoms with van der Waals surface area (Å²) in [6, 6.07) is 7.69. The molecule has 0 spiro atoms. The average Bonchev–Trinajstić information content (AvgIpc) is 3.05. The molecule has 0 heterocycles. The van der Waals surface area contributed by atoms with Gasteiger partial charge in [-0.3, -0.25) is 4.79 Å². The minimum absolute atomic E-state index is 0.228. The van der Waals surface area contributed by atoms with Gasteiger partial charge in [0.15, 0.2) is 0 Å². The zero-order valence-electron chi connectivity index (χ0n) is 9.65. The second-order valence-electron chi connectivity index (χ2n) is 4.60. The van der Waals surface area contributed by atoms with Gasteiger partial charge in [-0.1, -0.05) is 18.2 Å². The molecule has 1 aromatic carbocycles. The summed E-state index contributed by atoms with van der Waals surface area (Å²) in [5.41, 5.74) is 7.62. The number of amides is 1. The summed E-state index contributed by atoms with van der Waals surface area (Å²) in [4.78, 5) is 13.6. The molecule has 16 heavy (non-hydrogen) atoms. The molecular formula is C13H18N2O. The summed E-state index contributed by atoms with van der Waals surface area (Å²) in [6.45, 7) is 0.609. The van der Waals surface area contributed by atoms with Crippen molar-refractivity contribution in [2.45, 2.75) is 25.8 Å². The van der Waals surface area contributed by atoms with E-state index in [4.69, 9.17) is 5.73 Å². The third-order valence-corrected chi connectivity index (χ3v) is 3.05. The number of nitrogen functional groups attached to an aromatic ring is 1. The molecule has 1 amide bonds. The number of carbonyl (C=O) groups is 1. The monoisotopic (exact) mass is 218 g/mol. The van der Waals surface area contributed by atoms with Crippen LogP contribution in [0.3, 0.4) is 0 Å². The smallest absolute Gasteiger partial charge is 0.222 e. The zero-order valence-corrected chi connectivity index (χ0v) is 9.65. The first kappa shape index (κ1) is 11.0. The number of rotatable bonds is 4. The Morgan fingerprint density at radius 2 is 2.12 bits per heavy atom. The molecule has 0 aromatic heterocycles. The largest absolute Gasteiger partial charge is 0.398 e. The molecule has 0 radical (unpaired) electrons. The SMILES string of the molecule is CN(Cc1ccccc1N)C(=O)CC1CC1. The van der Waals surface area contributed by atoms with Crippen molar-refractivity contribution < 1.29 is 4.79 Å². The first-order chi connectivity index (χ1) is 7.66. The molecule has 1 aromatic rings. The van der Waals surface area contributed by atoms with Crippen LogP contribution in [-0.2, 0) is 11.3 Å². The van der Waals surface area contributed by atoms with E-state index in [2.05, 4.69) is 0 Å². The Morgan fingerprint density at radius 1 is 1.44 bits per heavy atom. The Balaban J connectivity index is 1.92. The van der Waals surface area contributed by atoms with Gasteiger partial charge in [0.2, 0.25) is 5.91 Å². The molecule has 3 heteroatoms. The third-order valence-electron chi connectivity index (χ3n) is 3.05. The highest BCUT2D eigenvalue weighted by Crippen LogP contribution is 2.32. The molecular weight excluding hydrogens is 200 g/mol. The van der Waals surface area contributed by atoms with Crippen LogP contribution in [-0.4, -0.2) is 17.9 Å². The van der Waals surface area contributed by atoms with E-state index in [0.29, 0.717) is 18.9 Å². The maximum absolute atomic E-state index is 11.8. The molecule has 0 atom stereocenters. The van der Waals surface area contributed by atoms with Crippen molar-refractivity contribution in [2.75, 3.05) is 12.8 Å². The summed E-state index contributed by atoms with van der Waals surface area (Å²) < 4.78 is 0. The fraction of sp³-hybridized carbons (Fsp3) is 0.462. The second kappa shape index (κ2) is 4.56. The van der Waals surface area contributed by atoms with E-state index in [9.17, 15) is 4.79 Å². The van der Waals surface area contributed by atoms with E-state index in [0.717, 1.165) is 11.3 Å². The Bertz CT molecular complexity index is 385. The van der Waals surface area contributed by atoms with Gasteiger partial charge in [0.1, 0.15) is 0 Å². The molecule has 1 aliphatic rings. The number of anilines is 1. The van der Waals surface area contributed by atoms with E-state index in [1.165, 1.54) is 12.8 Å². The number of carbonyl (C=O) groups excluding carboxylic acids is 1. The van der Waals surface area contributed by atoms with Crippen LogP contribution in [0.4, 0.5) is 5.69 Å². The normalized spacial score (nSPS) is 14.8. The van der Waals surface area contributed by atoms with Crippen LogP contribution in [0, 0.1) is 5.92 Å². The van der Waals surface area contributed by atoms with Gasteiger partial charge in [-0.25, -0.2) is 0 Å². The van der Waals surface area contributed by atoms with E-state index in [1.54, 1.807) is 4.90 Å². The van der Waals surface area contributed by atoms with Gasteiger partial charge in [0.25, 0.3) is 0 Å². The van der Waals surface area contributed by atoms with Crippen molar-refractivity contribution in [2.24, 2.45) is 5.92 Å². The van der Waals surface area contributed by atoms with Gasteiger partial charge in [0, 0.05) is 25.7 Å². The molecule has 2 N–H and O–H groups in total. The van der Waals surface area contributed by atoms with Crippen molar-refractivity contribution in [1.82, 2.24) is 4.90 Å². The molecule has 2 rings (SSSR count). The molecule has 86 valence electrons. The lowest BCUT2D eigenvalue weighted by Gasteiger charge is -2.18. The number of hydrogen-bond donors (Lipinski definition) is 1. The standard InChI is InChI=1S/C13H18N2O/c1-15(13(16)8-10-6-7-10)9-11-4-2-3-5-12(11)14/h2-5,10H,6-9,14H2,1H3. The highest BCUT2D eigenvalue weighted by molar-refractivity contribution is 5.76. The Hall–Kier alpha value is -1.51. The highest BCUT2D eigenvalue weighted by atomic mass is 16.2. The lowest BCUT2D eigenvalue weighted by molar-refractivity contribution is -0.130. The summed E-state index contributed by atoms with van der Waals surface area (Å²) in [7, 11) is 1.84. The maximum Gasteiger partial charge on any atom is 0.222 e. The Kier molecular flexibility index (Phi) is 3.13. The molecule has 0 unspecified atom stereocenters. The minimum Gasteiger partial charge on any atom is -0.398 e. The summed E-state index contributed by atoms with van der Waals surface area (Å²) in [5, 5.41) is 0. The number of para-hydroxylation sites is 1. The van der Waals surface area contributed by atoms with Crippen LogP contribution in [0.15, 0.2) is 24.3 Å². The van der Waals surface area contributed by atoms with Gasteiger partial charge in [-0.15, -0.1) is 0 Å². The number of hydrogen-bond acceptors (Lipinski definition) is 2. The van der Waals surface area contributed by atoms with Crippen molar-refractivity contribution in [3.05, 3.63) is 29.8 Å². The van der Waals surface area contributed by atoms with Crippen molar-refractivity contribution in [3.8, 4) is 0 Å². The molecule has 1 saturated carbocycles. The number of nitrogens with zero attached hydrogens (tertiary/aromatic N) is 1. The first-order valence-electron chi connectivity index (χ1n) is 5.74. The van der Waals surface area contributed by atoms with E-state index < -0.39 is 0 Å². The Labute approximate surface area is 96.2 Å².